The molecule has 0 aromatic carbocycles. The Morgan fingerprint density at radius 1 is 1.28 bits per heavy atom. The molecule has 1 unspecified atom stereocenters. The van der Waals surface area contributed by atoms with Crippen LogP contribution in [0.2, 0.25) is 5.28 Å². The summed E-state index contributed by atoms with van der Waals surface area (Å²) in [4.78, 5) is 11.9. The van der Waals surface area contributed by atoms with Gasteiger partial charge in [-0.3, -0.25) is 0 Å². The van der Waals surface area contributed by atoms with E-state index < -0.39 is 0 Å². The number of nitrogens with one attached hydrogen (secondary N) is 1. The summed E-state index contributed by atoms with van der Waals surface area (Å²) in [5.41, 5.74) is 0. The van der Waals surface area contributed by atoms with Crippen molar-refractivity contribution >= 4 is 17.5 Å². The largest absolute Gasteiger partial charge is 0.467 e. The lowest BCUT2D eigenvalue weighted by Crippen LogP contribution is -2.15. The molecular weight excluding hydrogens is 252 g/mol. The maximum absolute atomic E-state index is 5.78. The SMILES string of the molecule is CCCCC(CC)CNc1nc(Cl)nc(OC)n1. The molecule has 0 radical (unpaired) electrons. The molecule has 1 N–H and O–H groups in total. The summed E-state index contributed by atoms with van der Waals surface area (Å²) >= 11 is 5.78. The van der Waals surface area contributed by atoms with Crippen LogP contribution in [-0.2, 0) is 0 Å². The summed E-state index contributed by atoms with van der Waals surface area (Å²) < 4.78 is 4.95. The van der Waals surface area contributed by atoms with Gasteiger partial charge in [-0.05, 0) is 23.9 Å². The molecule has 0 saturated carbocycles. The van der Waals surface area contributed by atoms with E-state index in [9.17, 15) is 0 Å². The van der Waals surface area contributed by atoms with Crippen molar-refractivity contribution < 1.29 is 4.74 Å². The molecule has 1 aromatic heterocycles. The minimum Gasteiger partial charge on any atom is -0.467 e. The van der Waals surface area contributed by atoms with E-state index in [1.54, 1.807) is 0 Å². The number of hydrogen-bond acceptors (Lipinski definition) is 5. The van der Waals surface area contributed by atoms with Crippen LogP contribution in [0.25, 0.3) is 0 Å². The molecule has 0 aliphatic rings. The maximum Gasteiger partial charge on any atom is 0.322 e. The van der Waals surface area contributed by atoms with Gasteiger partial charge in [0.25, 0.3) is 0 Å². The van der Waals surface area contributed by atoms with Crippen LogP contribution in [0.5, 0.6) is 6.01 Å². The predicted octanol–water partition coefficient (Wildman–Crippen LogP) is 3.16. The van der Waals surface area contributed by atoms with E-state index in [0.29, 0.717) is 11.9 Å². The normalized spacial score (nSPS) is 12.2. The van der Waals surface area contributed by atoms with Gasteiger partial charge < -0.3 is 10.1 Å². The Labute approximate surface area is 113 Å². The molecule has 0 fully saturated rings. The highest BCUT2D eigenvalue weighted by atomic mass is 35.5. The van der Waals surface area contributed by atoms with E-state index in [2.05, 4.69) is 34.1 Å². The molecule has 0 bridgehead atoms. The third-order valence-electron chi connectivity index (χ3n) is 2.86. The van der Waals surface area contributed by atoms with Gasteiger partial charge in [-0.2, -0.15) is 15.0 Å². The second-order valence-corrected chi connectivity index (χ2v) is 4.55. The average molecular weight is 273 g/mol. The maximum atomic E-state index is 5.78. The topological polar surface area (TPSA) is 59.9 Å². The number of rotatable bonds is 8. The summed E-state index contributed by atoms with van der Waals surface area (Å²) in [6.07, 6.45) is 4.84. The summed E-state index contributed by atoms with van der Waals surface area (Å²) in [7, 11) is 1.51. The number of nitrogens with zero attached hydrogens (tertiary/aromatic N) is 3. The lowest BCUT2D eigenvalue weighted by molar-refractivity contribution is 0.378. The highest BCUT2D eigenvalue weighted by Gasteiger charge is 2.08. The highest BCUT2D eigenvalue weighted by molar-refractivity contribution is 6.28. The lowest BCUT2D eigenvalue weighted by atomic mass is 9.99. The Hall–Kier alpha value is -1.10. The number of hydrogen-bond donors (Lipinski definition) is 1. The molecule has 1 aromatic rings. The van der Waals surface area contributed by atoms with Crippen molar-refractivity contribution in [1.82, 2.24) is 15.0 Å². The minimum absolute atomic E-state index is 0.144. The van der Waals surface area contributed by atoms with E-state index in [0.717, 1.165) is 13.0 Å². The number of ether oxygens (including phenoxy) is 1. The Kier molecular flexibility index (Phi) is 6.72. The molecule has 6 heteroatoms. The zero-order valence-electron chi connectivity index (χ0n) is 11.2. The minimum atomic E-state index is 0.144. The molecular formula is C12H21ClN4O. The van der Waals surface area contributed by atoms with E-state index >= 15 is 0 Å². The summed E-state index contributed by atoms with van der Waals surface area (Å²) in [6, 6.07) is 0.235. The smallest absolute Gasteiger partial charge is 0.322 e. The van der Waals surface area contributed by atoms with Crippen LogP contribution in [0.3, 0.4) is 0 Å². The number of unbranched alkanes of at least 4 members (excludes halogenated alkanes) is 1. The van der Waals surface area contributed by atoms with Crippen LogP contribution in [-0.4, -0.2) is 28.6 Å². The second kappa shape index (κ2) is 8.08. The average Bonchev–Trinajstić information content (AvgIpc) is 2.38. The zero-order chi connectivity index (χ0) is 13.4. The number of methoxy groups -OCH3 is 1. The van der Waals surface area contributed by atoms with Crippen LogP contribution in [0, 0.1) is 5.92 Å². The van der Waals surface area contributed by atoms with Gasteiger partial charge in [0.05, 0.1) is 7.11 Å². The Morgan fingerprint density at radius 3 is 2.67 bits per heavy atom. The standard InChI is InChI=1S/C12H21ClN4O/c1-4-6-7-9(5-2)8-14-11-15-10(13)16-12(17-11)18-3/h9H,4-8H2,1-3H3,(H,14,15,16,17). The first-order valence-corrected chi connectivity index (χ1v) is 6.76. The van der Waals surface area contributed by atoms with Crippen molar-refractivity contribution in [3.63, 3.8) is 0 Å². The zero-order valence-corrected chi connectivity index (χ0v) is 12.0. The predicted molar refractivity (Wildman–Crippen MR) is 73.2 cm³/mol. The van der Waals surface area contributed by atoms with Gasteiger partial charge in [-0.25, -0.2) is 0 Å². The first kappa shape index (κ1) is 15.0. The Balaban J connectivity index is 2.53. The molecule has 1 heterocycles. The van der Waals surface area contributed by atoms with E-state index in [1.807, 2.05) is 0 Å². The van der Waals surface area contributed by atoms with Crippen molar-refractivity contribution in [3.05, 3.63) is 5.28 Å². The van der Waals surface area contributed by atoms with Crippen LogP contribution < -0.4 is 10.1 Å². The summed E-state index contributed by atoms with van der Waals surface area (Å²) in [6.45, 7) is 5.25. The molecule has 0 saturated heterocycles. The molecule has 1 atom stereocenters. The van der Waals surface area contributed by atoms with Crippen LogP contribution >= 0.6 is 11.6 Å². The molecule has 0 spiro atoms. The van der Waals surface area contributed by atoms with Gasteiger partial charge >= 0.3 is 6.01 Å². The van der Waals surface area contributed by atoms with Crippen LogP contribution in [0.1, 0.15) is 39.5 Å². The van der Waals surface area contributed by atoms with Crippen molar-refractivity contribution in [2.75, 3.05) is 19.0 Å². The Bertz CT molecular complexity index is 362. The van der Waals surface area contributed by atoms with Crippen molar-refractivity contribution in [3.8, 4) is 6.01 Å². The van der Waals surface area contributed by atoms with Gasteiger partial charge in [-0.1, -0.05) is 33.1 Å². The third-order valence-corrected chi connectivity index (χ3v) is 3.03. The molecule has 18 heavy (non-hydrogen) atoms. The van der Waals surface area contributed by atoms with E-state index in [4.69, 9.17) is 16.3 Å². The van der Waals surface area contributed by atoms with Gasteiger partial charge in [0.15, 0.2) is 0 Å². The highest BCUT2D eigenvalue weighted by Crippen LogP contribution is 2.15. The van der Waals surface area contributed by atoms with Crippen molar-refractivity contribution in [2.24, 2.45) is 5.92 Å². The lowest BCUT2D eigenvalue weighted by Gasteiger charge is -2.15. The van der Waals surface area contributed by atoms with Crippen LogP contribution in [0.4, 0.5) is 5.95 Å². The van der Waals surface area contributed by atoms with Gasteiger partial charge in [0.2, 0.25) is 11.2 Å². The fraction of sp³-hybridized carbons (Fsp3) is 0.750. The number of halogens is 1. The van der Waals surface area contributed by atoms with Gasteiger partial charge in [0.1, 0.15) is 0 Å². The fourth-order valence-electron chi connectivity index (χ4n) is 1.68. The molecule has 1 rings (SSSR count). The van der Waals surface area contributed by atoms with Gasteiger partial charge in [-0.15, -0.1) is 0 Å². The Morgan fingerprint density at radius 2 is 2.06 bits per heavy atom. The first-order chi connectivity index (χ1) is 8.69. The molecule has 0 amide bonds. The first-order valence-electron chi connectivity index (χ1n) is 6.39. The third kappa shape index (κ3) is 5.04. The molecule has 102 valence electrons. The fourth-order valence-corrected chi connectivity index (χ4v) is 1.83. The van der Waals surface area contributed by atoms with Crippen molar-refractivity contribution in [2.45, 2.75) is 39.5 Å². The van der Waals surface area contributed by atoms with E-state index in [1.165, 1.54) is 26.4 Å². The number of aromatic nitrogens is 3. The van der Waals surface area contributed by atoms with Crippen LogP contribution in [0.15, 0.2) is 0 Å². The molecule has 0 aliphatic heterocycles. The second-order valence-electron chi connectivity index (χ2n) is 4.21. The summed E-state index contributed by atoms with van der Waals surface area (Å²) in [5, 5.41) is 3.34. The van der Waals surface area contributed by atoms with Crippen molar-refractivity contribution in [1.29, 1.82) is 0 Å². The quantitative estimate of drug-likeness (QED) is 0.788. The number of anilines is 1. The van der Waals surface area contributed by atoms with E-state index in [-0.39, 0.29) is 11.3 Å². The summed E-state index contributed by atoms with van der Waals surface area (Å²) in [5.74, 6) is 1.10. The molecule has 0 aliphatic carbocycles. The van der Waals surface area contributed by atoms with Gasteiger partial charge in [0, 0.05) is 6.54 Å². The monoisotopic (exact) mass is 272 g/mol. The molecule has 5 nitrogen and oxygen atoms in total.